The van der Waals surface area contributed by atoms with Crippen molar-refractivity contribution in [1.82, 2.24) is 5.32 Å². The van der Waals surface area contributed by atoms with Gasteiger partial charge in [0.05, 0.1) is 22.7 Å². The quantitative estimate of drug-likeness (QED) is 0.549. The minimum atomic E-state index is -4.05. The Kier molecular flexibility index (Phi) is 7.14. The van der Waals surface area contributed by atoms with Gasteiger partial charge in [-0.15, -0.1) is 0 Å². The minimum Gasteiger partial charge on any atom is -0.495 e. The monoisotopic (exact) mass is 462 g/mol. The number of amides is 1. The maximum absolute atomic E-state index is 13.3. The Morgan fingerprint density at radius 1 is 1.06 bits per heavy atom. The lowest BCUT2D eigenvalue weighted by Gasteiger charge is -2.24. The maximum Gasteiger partial charge on any atom is 0.264 e. The van der Waals surface area contributed by atoms with E-state index in [-0.39, 0.29) is 28.0 Å². The Morgan fingerprint density at radius 3 is 2.35 bits per heavy atom. The maximum atomic E-state index is 13.3. The SMILES string of the molecule is COc1ccc(N(CC(=O)NCc2ccc(F)cc2)S(=O)(=O)c2ccccc2)cc1Cl. The first-order valence-corrected chi connectivity index (χ1v) is 11.1. The molecule has 0 atom stereocenters. The van der Waals surface area contributed by atoms with Crippen LogP contribution in [0, 0.1) is 5.82 Å². The van der Waals surface area contributed by atoms with Crippen molar-refractivity contribution >= 4 is 33.2 Å². The second-order valence-electron chi connectivity index (χ2n) is 6.55. The van der Waals surface area contributed by atoms with Crippen LogP contribution in [0.5, 0.6) is 5.75 Å². The topological polar surface area (TPSA) is 75.7 Å². The van der Waals surface area contributed by atoms with E-state index in [9.17, 15) is 17.6 Å². The van der Waals surface area contributed by atoms with Gasteiger partial charge in [0.25, 0.3) is 10.0 Å². The molecule has 0 unspecified atom stereocenters. The number of benzene rings is 3. The average Bonchev–Trinajstić information content (AvgIpc) is 2.77. The Bertz CT molecular complexity index is 1160. The highest BCUT2D eigenvalue weighted by Crippen LogP contribution is 2.31. The molecule has 6 nitrogen and oxygen atoms in total. The van der Waals surface area contributed by atoms with Crippen LogP contribution in [0.15, 0.2) is 77.7 Å². The summed E-state index contributed by atoms with van der Waals surface area (Å²) >= 11 is 6.18. The van der Waals surface area contributed by atoms with Gasteiger partial charge in [-0.1, -0.05) is 41.9 Å². The third-order valence-electron chi connectivity index (χ3n) is 4.44. The number of methoxy groups -OCH3 is 1. The fourth-order valence-corrected chi connectivity index (χ4v) is 4.52. The Labute approximate surface area is 185 Å². The molecule has 0 aliphatic carbocycles. The van der Waals surface area contributed by atoms with Crippen molar-refractivity contribution in [2.24, 2.45) is 0 Å². The molecule has 0 fully saturated rings. The molecule has 162 valence electrons. The molecule has 0 bridgehead atoms. The van der Waals surface area contributed by atoms with Gasteiger partial charge in [0.1, 0.15) is 18.1 Å². The molecule has 1 N–H and O–H groups in total. The molecule has 3 aromatic carbocycles. The van der Waals surface area contributed by atoms with Crippen molar-refractivity contribution in [3.63, 3.8) is 0 Å². The van der Waals surface area contributed by atoms with Crippen molar-refractivity contribution in [3.8, 4) is 5.75 Å². The van der Waals surface area contributed by atoms with Gasteiger partial charge in [-0.3, -0.25) is 9.10 Å². The molecular formula is C22H20ClFN2O4S. The van der Waals surface area contributed by atoms with Gasteiger partial charge >= 0.3 is 0 Å². The molecule has 0 aliphatic heterocycles. The zero-order chi connectivity index (χ0) is 22.4. The molecule has 31 heavy (non-hydrogen) atoms. The van der Waals surface area contributed by atoms with E-state index in [4.69, 9.17) is 16.3 Å². The number of halogens is 2. The van der Waals surface area contributed by atoms with E-state index in [1.807, 2.05) is 0 Å². The van der Waals surface area contributed by atoms with Gasteiger partial charge in [-0.05, 0) is 48.0 Å². The first-order chi connectivity index (χ1) is 14.8. The van der Waals surface area contributed by atoms with Crippen molar-refractivity contribution in [2.45, 2.75) is 11.4 Å². The van der Waals surface area contributed by atoms with Crippen LogP contribution in [-0.4, -0.2) is 28.0 Å². The van der Waals surface area contributed by atoms with Crippen LogP contribution in [0.3, 0.4) is 0 Å². The predicted octanol–water partition coefficient (Wildman–Crippen LogP) is 4.00. The molecule has 0 aromatic heterocycles. The van der Waals surface area contributed by atoms with E-state index in [2.05, 4.69) is 5.32 Å². The Morgan fingerprint density at radius 2 is 1.74 bits per heavy atom. The summed E-state index contributed by atoms with van der Waals surface area (Å²) in [4.78, 5) is 12.6. The van der Waals surface area contributed by atoms with E-state index in [0.717, 1.165) is 4.31 Å². The fraction of sp³-hybridized carbons (Fsp3) is 0.136. The van der Waals surface area contributed by atoms with Gasteiger partial charge < -0.3 is 10.1 Å². The predicted molar refractivity (Wildman–Crippen MR) is 117 cm³/mol. The van der Waals surface area contributed by atoms with E-state index in [0.29, 0.717) is 11.3 Å². The highest BCUT2D eigenvalue weighted by Gasteiger charge is 2.27. The standard InChI is InChI=1S/C22H20ClFN2O4S/c1-30-21-12-11-18(13-20(21)23)26(31(28,29)19-5-3-2-4-6-19)15-22(27)25-14-16-7-9-17(24)10-8-16/h2-13H,14-15H2,1H3,(H,25,27). The number of nitrogens with one attached hydrogen (secondary N) is 1. The Hall–Kier alpha value is -3.10. The zero-order valence-electron chi connectivity index (χ0n) is 16.6. The summed E-state index contributed by atoms with van der Waals surface area (Å²) in [6.07, 6.45) is 0. The normalized spacial score (nSPS) is 11.1. The molecule has 0 saturated carbocycles. The number of hydrogen-bond acceptors (Lipinski definition) is 4. The van der Waals surface area contributed by atoms with E-state index in [1.54, 1.807) is 18.2 Å². The first kappa shape index (κ1) is 22.6. The average molecular weight is 463 g/mol. The smallest absolute Gasteiger partial charge is 0.264 e. The number of hydrogen-bond donors (Lipinski definition) is 1. The van der Waals surface area contributed by atoms with Crippen LogP contribution in [0.1, 0.15) is 5.56 Å². The molecule has 3 aromatic rings. The number of anilines is 1. The molecule has 9 heteroatoms. The summed E-state index contributed by atoms with van der Waals surface area (Å²) < 4.78 is 45.7. The number of sulfonamides is 1. The van der Waals surface area contributed by atoms with E-state index >= 15 is 0 Å². The highest BCUT2D eigenvalue weighted by atomic mass is 35.5. The lowest BCUT2D eigenvalue weighted by molar-refractivity contribution is -0.119. The second kappa shape index (κ2) is 9.80. The third kappa shape index (κ3) is 5.53. The molecule has 0 spiro atoms. The van der Waals surface area contributed by atoms with Crippen molar-refractivity contribution in [1.29, 1.82) is 0 Å². The van der Waals surface area contributed by atoms with Crippen molar-refractivity contribution < 1.29 is 22.3 Å². The summed E-state index contributed by atoms with van der Waals surface area (Å²) in [6, 6.07) is 17.9. The van der Waals surface area contributed by atoms with Crippen LogP contribution >= 0.6 is 11.6 Å². The van der Waals surface area contributed by atoms with Crippen molar-refractivity contribution in [2.75, 3.05) is 18.0 Å². The van der Waals surface area contributed by atoms with E-state index < -0.39 is 22.5 Å². The van der Waals surface area contributed by atoms with Crippen LogP contribution in [0.2, 0.25) is 5.02 Å². The van der Waals surface area contributed by atoms with Gasteiger partial charge in [0, 0.05) is 6.54 Å². The van der Waals surface area contributed by atoms with Crippen LogP contribution in [0.25, 0.3) is 0 Å². The molecule has 0 radical (unpaired) electrons. The fourth-order valence-electron chi connectivity index (χ4n) is 2.83. The van der Waals surface area contributed by atoms with Crippen LogP contribution < -0.4 is 14.4 Å². The largest absolute Gasteiger partial charge is 0.495 e. The Balaban J connectivity index is 1.87. The molecule has 1 amide bonds. The minimum absolute atomic E-state index is 0.0354. The van der Waals surface area contributed by atoms with Crippen LogP contribution in [0.4, 0.5) is 10.1 Å². The summed E-state index contributed by atoms with van der Waals surface area (Å²) in [5.41, 5.74) is 0.895. The van der Waals surface area contributed by atoms with Crippen LogP contribution in [-0.2, 0) is 21.4 Å². The van der Waals surface area contributed by atoms with Gasteiger partial charge in [-0.25, -0.2) is 12.8 Å². The summed E-state index contributed by atoms with van der Waals surface area (Å²) in [5, 5.41) is 2.86. The number of rotatable bonds is 8. The van der Waals surface area contributed by atoms with Gasteiger partial charge in [0.2, 0.25) is 5.91 Å². The summed E-state index contributed by atoms with van der Waals surface area (Å²) in [7, 11) is -2.60. The molecule has 3 rings (SSSR count). The lowest BCUT2D eigenvalue weighted by Crippen LogP contribution is -2.40. The zero-order valence-corrected chi connectivity index (χ0v) is 18.2. The third-order valence-corrected chi connectivity index (χ3v) is 6.53. The first-order valence-electron chi connectivity index (χ1n) is 9.24. The lowest BCUT2D eigenvalue weighted by atomic mass is 10.2. The number of carbonyl (C=O) groups is 1. The van der Waals surface area contributed by atoms with Gasteiger partial charge in [-0.2, -0.15) is 0 Å². The number of nitrogens with zero attached hydrogens (tertiary/aromatic N) is 1. The molecule has 0 heterocycles. The molecular weight excluding hydrogens is 443 g/mol. The molecule has 0 saturated heterocycles. The molecule has 0 aliphatic rings. The number of ether oxygens (including phenoxy) is 1. The summed E-state index contributed by atoms with van der Waals surface area (Å²) in [6.45, 7) is -0.344. The highest BCUT2D eigenvalue weighted by molar-refractivity contribution is 7.92. The van der Waals surface area contributed by atoms with Crippen molar-refractivity contribution in [3.05, 3.63) is 89.2 Å². The number of carbonyl (C=O) groups excluding carboxylic acids is 1. The van der Waals surface area contributed by atoms with Gasteiger partial charge in [0.15, 0.2) is 0 Å². The second-order valence-corrected chi connectivity index (χ2v) is 8.82. The van der Waals surface area contributed by atoms with E-state index in [1.165, 1.54) is 61.7 Å². The summed E-state index contributed by atoms with van der Waals surface area (Å²) in [5.74, 6) is -0.536.